The molecule has 7 rings (SSSR count). The number of rotatable bonds is 5. The van der Waals surface area contributed by atoms with Crippen molar-refractivity contribution in [2.75, 3.05) is 18.8 Å². The van der Waals surface area contributed by atoms with Crippen LogP contribution in [0.1, 0.15) is 24.4 Å². The van der Waals surface area contributed by atoms with Crippen LogP contribution in [0.2, 0.25) is 0 Å². The van der Waals surface area contributed by atoms with E-state index in [4.69, 9.17) is 10.7 Å². The van der Waals surface area contributed by atoms with Gasteiger partial charge >= 0.3 is 0 Å². The molecule has 1 fully saturated rings. The number of anilines is 1. The van der Waals surface area contributed by atoms with Crippen LogP contribution in [0.15, 0.2) is 96.3 Å². The molecule has 4 aromatic heterocycles. The highest BCUT2D eigenvalue weighted by atomic mass is 16.1. The molecular weight excluding hydrogens is 498 g/mol. The molecule has 0 unspecified atom stereocenters. The largest absolute Gasteiger partial charge is 0.397 e. The van der Waals surface area contributed by atoms with Gasteiger partial charge in [-0.3, -0.25) is 19.4 Å². The molecule has 0 bridgehead atoms. The second-order valence-corrected chi connectivity index (χ2v) is 10.4. The number of likely N-dealkylation sites (tertiary alicyclic amines) is 1. The minimum absolute atomic E-state index is 0.130. The van der Waals surface area contributed by atoms with Crippen LogP contribution < -0.4 is 11.3 Å². The van der Waals surface area contributed by atoms with E-state index >= 15 is 0 Å². The summed E-state index contributed by atoms with van der Waals surface area (Å²) < 4.78 is 2.10. The Balaban J connectivity index is 1.10. The first-order chi connectivity index (χ1) is 19.6. The average Bonchev–Trinajstić information content (AvgIpc) is 3.44. The molecule has 3 N–H and O–H groups in total. The van der Waals surface area contributed by atoms with E-state index in [2.05, 4.69) is 61.0 Å². The van der Waals surface area contributed by atoms with Gasteiger partial charge in [-0.15, -0.1) is 0 Å². The maximum Gasteiger partial charge on any atom is 0.257 e. The molecule has 6 aromatic rings. The van der Waals surface area contributed by atoms with Crippen molar-refractivity contribution >= 4 is 27.5 Å². The van der Waals surface area contributed by atoms with Gasteiger partial charge in [-0.05, 0) is 36.1 Å². The minimum atomic E-state index is -0.130. The van der Waals surface area contributed by atoms with E-state index in [1.54, 1.807) is 12.4 Å². The van der Waals surface area contributed by atoms with Gasteiger partial charge in [0.2, 0.25) is 0 Å². The third kappa shape index (κ3) is 4.42. The number of nitrogens with zero attached hydrogens (tertiary/aromatic N) is 5. The normalized spacial score (nSPS) is 14.7. The summed E-state index contributed by atoms with van der Waals surface area (Å²) in [5.41, 5.74) is 13.5. The number of aromatic amines is 1. The molecule has 2 aromatic carbocycles. The van der Waals surface area contributed by atoms with Crippen LogP contribution in [0, 0.1) is 0 Å². The van der Waals surface area contributed by atoms with Crippen molar-refractivity contribution in [2.45, 2.75) is 25.4 Å². The van der Waals surface area contributed by atoms with E-state index in [0.717, 1.165) is 65.8 Å². The summed E-state index contributed by atoms with van der Waals surface area (Å²) in [4.78, 5) is 27.0. The van der Waals surface area contributed by atoms with Crippen molar-refractivity contribution < 1.29 is 0 Å². The molecule has 0 saturated carbocycles. The van der Waals surface area contributed by atoms with Crippen molar-refractivity contribution in [1.29, 1.82) is 0 Å². The van der Waals surface area contributed by atoms with Crippen molar-refractivity contribution in [1.82, 2.24) is 29.6 Å². The van der Waals surface area contributed by atoms with Gasteiger partial charge in [0.25, 0.3) is 5.56 Å². The highest BCUT2D eigenvalue weighted by molar-refractivity contribution is 5.91. The summed E-state index contributed by atoms with van der Waals surface area (Å²) >= 11 is 0. The van der Waals surface area contributed by atoms with Crippen molar-refractivity contribution in [3.63, 3.8) is 0 Å². The standard InChI is InChI=1S/C32H29N7O/c33-28-18-34-19-30-27(28)17-36-39(30)24-11-14-38(15-12-24)20-21-6-8-23(9-7-21)31-25(22-4-2-1-3-5-22)16-26-29(37-31)10-13-35-32(26)40/h1-10,13,16-19,24H,11-12,14-15,20,33H2,(H,35,40). The number of aromatic nitrogens is 5. The SMILES string of the molecule is Nc1cncc2c1cnn2C1CCN(Cc2ccc(-c3nc4cc[nH]c(=O)c4cc3-c3ccccc3)cc2)CC1. The van der Waals surface area contributed by atoms with Crippen LogP contribution in [0.3, 0.4) is 0 Å². The van der Waals surface area contributed by atoms with Crippen LogP contribution in [-0.2, 0) is 6.54 Å². The number of hydrogen-bond donors (Lipinski definition) is 2. The molecule has 1 saturated heterocycles. The molecule has 0 aliphatic carbocycles. The number of nitrogens with one attached hydrogen (secondary N) is 1. The quantitative estimate of drug-likeness (QED) is 0.310. The lowest BCUT2D eigenvalue weighted by Gasteiger charge is -2.32. The average molecular weight is 528 g/mol. The fourth-order valence-electron chi connectivity index (χ4n) is 5.79. The molecule has 0 radical (unpaired) electrons. The zero-order valence-corrected chi connectivity index (χ0v) is 22.0. The van der Waals surface area contributed by atoms with Crippen LogP contribution in [-0.4, -0.2) is 42.7 Å². The number of nitrogen functional groups attached to an aromatic ring is 1. The second-order valence-electron chi connectivity index (χ2n) is 10.4. The Bertz CT molecular complexity index is 1870. The molecule has 0 amide bonds. The topological polar surface area (TPSA) is 106 Å². The van der Waals surface area contributed by atoms with E-state index in [1.165, 1.54) is 5.56 Å². The summed E-state index contributed by atoms with van der Waals surface area (Å²) in [5.74, 6) is 0. The maximum absolute atomic E-state index is 12.5. The van der Waals surface area contributed by atoms with E-state index in [-0.39, 0.29) is 5.56 Å². The Kier molecular flexibility index (Phi) is 6.09. The third-order valence-corrected chi connectivity index (χ3v) is 7.93. The monoisotopic (exact) mass is 527 g/mol. The number of piperidine rings is 1. The fourth-order valence-corrected chi connectivity index (χ4v) is 5.79. The van der Waals surface area contributed by atoms with E-state index in [1.807, 2.05) is 42.7 Å². The summed E-state index contributed by atoms with van der Waals surface area (Å²) in [6.45, 7) is 2.90. The van der Waals surface area contributed by atoms with Crippen LogP contribution >= 0.6 is 0 Å². The van der Waals surface area contributed by atoms with Gasteiger partial charge in [-0.25, -0.2) is 4.98 Å². The molecule has 0 atom stereocenters. The predicted molar refractivity (Wildman–Crippen MR) is 159 cm³/mol. The first-order valence-corrected chi connectivity index (χ1v) is 13.6. The van der Waals surface area contributed by atoms with Gasteiger partial charge in [0.15, 0.2) is 0 Å². The van der Waals surface area contributed by atoms with Crippen molar-refractivity contribution in [3.05, 3.63) is 107 Å². The molecule has 0 spiro atoms. The number of benzene rings is 2. The number of hydrogen-bond acceptors (Lipinski definition) is 6. The first-order valence-electron chi connectivity index (χ1n) is 13.6. The summed E-state index contributed by atoms with van der Waals surface area (Å²) in [6.07, 6.45) is 9.11. The Morgan fingerprint density at radius 2 is 1.70 bits per heavy atom. The lowest BCUT2D eigenvalue weighted by atomic mass is 9.97. The zero-order valence-electron chi connectivity index (χ0n) is 22.0. The number of pyridine rings is 3. The zero-order chi connectivity index (χ0) is 27.1. The first kappa shape index (κ1) is 24.2. The summed E-state index contributed by atoms with van der Waals surface area (Å²) in [7, 11) is 0. The number of nitrogens with two attached hydrogens (primary N) is 1. The van der Waals surface area contributed by atoms with Crippen molar-refractivity contribution in [3.8, 4) is 22.4 Å². The number of fused-ring (bicyclic) bond motifs is 2. The lowest BCUT2D eigenvalue weighted by Crippen LogP contribution is -2.34. The molecule has 8 heteroatoms. The Morgan fingerprint density at radius 3 is 2.50 bits per heavy atom. The van der Waals surface area contributed by atoms with E-state index in [9.17, 15) is 4.79 Å². The number of H-pyrrole nitrogens is 1. The maximum atomic E-state index is 12.5. The summed E-state index contributed by atoms with van der Waals surface area (Å²) in [5, 5.41) is 6.20. The predicted octanol–water partition coefficient (Wildman–Crippen LogP) is 5.42. The Hall–Kier alpha value is -4.82. The van der Waals surface area contributed by atoms with Crippen LogP contribution in [0.4, 0.5) is 5.69 Å². The fraction of sp³-hybridized carbons (Fsp3) is 0.188. The smallest absolute Gasteiger partial charge is 0.257 e. The highest BCUT2D eigenvalue weighted by Crippen LogP contribution is 2.33. The highest BCUT2D eigenvalue weighted by Gasteiger charge is 2.23. The van der Waals surface area contributed by atoms with Crippen LogP contribution in [0.5, 0.6) is 0 Å². The lowest BCUT2D eigenvalue weighted by molar-refractivity contribution is 0.175. The molecule has 1 aliphatic rings. The molecule has 1 aliphatic heterocycles. The van der Waals surface area contributed by atoms with Gasteiger partial charge in [0.1, 0.15) is 0 Å². The second kappa shape index (κ2) is 10.1. The van der Waals surface area contributed by atoms with Gasteiger partial charge in [0, 0.05) is 42.3 Å². The molecule has 198 valence electrons. The third-order valence-electron chi connectivity index (χ3n) is 7.93. The molecule has 5 heterocycles. The van der Waals surface area contributed by atoms with E-state index in [0.29, 0.717) is 22.6 Å². The molecule has 8 nitrogen and oxygen atoms in total. The summed E-state index contributed by atoms with van der Waals surface area (Å²) in [6, 6.07) is 22.9. The van der Waals surface area contributed by atoms with Gasteiger partial charge < -0.3 is 10.7 Å². The Morgan fingerprint density at radius 1 is 0.900 bits per heavy atom. The van der Waals surface area contributed by atoms with Crippen LogP contribution in [0.25, 0.3) is 44.2 Å². The Labute approximate surface area is 231 Å². The van der Waals surface area contributed by atoms with Gasteiger partial charge in [0.05, 0.1) is 52.4 Å². The van der Waals surface area contributed by atoms with E-state index < -0.39 is 0 Å². The van der Waals surface area contributed by atoms with Gasteiger partial charge in [-0.2, -0.15) is 5.10 Å². The van der Waals surface area contributed by atoms with Gasteiger partial charge in [-0.1, -0.05) is 54.6 Å². The minimum Gasteiger partial charge on any atom is -0.397 e. The molecule has 40 heavy (non-hydrogen) atoms. The molecular formula is C32H29N7O. The van der Waals surface area contributed by atoms with Crippen molar-refractivity contribution in [2.24, 2.45) is 0 Å².